The van der Waals surface area contributed by atoms with Crippen molar-refractivity contribution in [1.82, 2.24) is 0 Å². The van der Waals surface area contributed by atoms with Gasteiger partial charge in [-0.3, -0.25) is 0 Å². The van der Waals surface area contributed by atoms with Crippen LogP contribution < -0.4 is 4.90 Å². The fourth-order valence-electron chi connectivity index (χ4n) is 4.60. The lowest BCUT2D eigenvalue weighted by atomic mass is 10.0. The van der Waals surface area contributed by atoms with Crippen LogP contribution >= 0.6 is 0 Å². The molecule has 4 heteroatoms. The van der Waals surface area contributed by atoms with Crippen LogP contribution in [0.15, 0.2) is 58.8 Å². The number of hydrogen-bond donors (Lipinski definition) is 0. The summed E-state index contributed by atoms with van der Waals surface area (Å²) < 4.78 is 0. The normalized spacial score (nSPS) is 11.1. The highest BCUT2D eigenvalue weighted by Crippen LogP contribution is 2.29. The number of nitriles is 1. The zero-order valence-electron chi connectivity index (χ0n) is 22.9. The average molecular weight is 489 g/mol. The molecule has 0 N–H and O–H groups in total. The van der Waals surface area contributed by atoms with Crippen molar-refractivity contribution in [2.75, 3.05) is 18.5 Å². The lowest BCUT2D eigenvalue weighted by Crippen LogP contribution is -2.18. The molecule has 0 aliphatic rings. The topological polar surface area (TPSA) is 51.8 Å². The molecule has 4 nitrogen and oxygen atoms in total. The zero-order chi connectivity index (χ0) is 25.7. The standard InChI is InChI=1S/C32H48N4/c1-3-4-5-6-7-8-9-10-11-12-13-14-15-16-17-20-27-36(2)32-22-19-18-21-31(32)35-34-30-25-23-29(28-33)24-26-30/h18-19,21-26H,3-17,20,27H2,1-2H3. The van der Waals surface area contributed by atoms with Crippen LogP contribution in [0.5, 0.6) is 0 Å². The molecule has 0 fully saturated rings. The molecular formula is C32H48N4. The summed E-state index contributed by atoms with van der Waals surface area (Å²) in [6.07, 6.45) is 22.3. The number of nitrogens with zero attached hydrogens (tertiary/aromatic N) is 4. The predicted molar refractivity (Wildman–Crippen MR) is 155 cm³/mol. The van der Waals surface area contributed by atoms with Gasteiger partial charge in [0, 0.05) is 13.6 Å². The van der Waals surface area contributed by atoms with E-state index in [-0.39, 0.29) is 0 Å². The van der Waals surface area contributed by atoms with Gasteiger partial charge >= 0.3 is 0 Å². The van der Waals surface area contributed by atoms with Crippen molar-refractivity contribution in [2.24, 2.45) is 10.2 Å². The minimum Gasteiger partial charge on any atom is -0.373 e. The molecule has 0 atom stereocenters. The van der Waals surface area contributed by atoms with Gasteiger partial charge in [-0.15, -0.1) is 5.11 Å². The van der Waals surface area contributed by atoms with Crippen LogP contribution in [0.25, 0.3) is 0 Å². The molecule has 0 aliphatic heterocycles. The summed E-state index contributed by atoms with van der Waals surface area (Å²) in [6, 6.07) is 17.5. The Morgan fingerprint density at radius 3 is 1.67 bits per heavy atom. The predicted octanol–water partition coefficient (Wildman–Crippen LogP) is 10.7. The van der Waals surface area contributed by atoms with Crippen LogP contribution in [0, 0.1) is 11.3 Å². The van der Waals surface area contributed by atoms with E-state index in [1.165, 1.54) is 103 Å². The first-order valence-electron chi connectivity index (χ1n) is 14.5. The molecule has 0 unspecified atom stereocenters. The third-order valence-electron chi connectivity index (χ3n) is 6.91. The highest BCUT2D eigenvalue weighted by molar-refractivity contribution is 5.66. The fraction of sp³-hybridized carbons (Fsp3) is 0.594. The number of unbranched alkanes of at least 4 members (excludes halogenated alkanes) is 15. The number of para-hydroxylation sites is 1. The molecule has 196 valence electrons. The molecule has 2 aromatic carbocycles. The molecule has 2 rings (SSSR count). The van der Waals surface area contributed by atoms with E-state index in [1.54, 1.807) is 12.1 Å². The van der Waals surface area contributed by atoms with Gasteiger partial charge in [0.2, 0.25) is 0 Å². The van der Waals surface area contributed by atoms with E-state index in [0.29, 0.717) is 5.56 Å². The van der Waals surface area contributed by atoms with Gasteiger partial charge in [-0.2, -0.15) is 10.4 Å². The number of azo groups is 1. The van der Waals surface area contributed by atoms with Crippen molar-refractivity contribution < 1.29 is 0 Å². The van der Waals surface area contributed by atoms with Crippen molar-refractivity contribution in [3.63, 3.8) is 0 Å². The monoisotopic (exact) mass is 488 g/mol. The third-order valence-corrected chi connectivity index (χ3v) is 6.91. The Morgan fingerprint density at radius 2 is 1.14 bits per heavy atom. The maximum atomic E-state index is 8.93. The Bertz CT molecular complexity index is 882. The van der Waals surface area contributed by atoms with Gasteiger partial charge in [-0.1, -0.05) is 115 Å². The van der Waals surface area contributed by atoms with Crippen molar-refractivity contribution in [2.45, 2.75) is 110 Å². The number of anilines is 1. The quantitative estimate of drug-likeness (QED) is 0.137. The molecule has 0 aliphatic carbocycles. The lowest BCUT2D eigenvalue weighted by molar-refractivity contribution is 0.529. The van der Waals surface area contributed by atoms with Crippen molar-refractivity contribution >= 4 is 17.1 Å². The first-order valence-corrected chi connectivity index (χ1v) is 14.5. The summed E-state index contributed by atoms with van der Waals surface area (Å²) in [5, 5.41) is 17.8. The van der Waals surface area contributed by atoms with E-state index in [4.69, 9.17) is 5.26 Å². The van der Waals surface area contributed by atoms with Crippen LogP contribution in [0.3, 0.4) is 0 Å². The van der Waals surface area contributed by atoms with E-state index >= 15 is 0 Å². The Morgan fingerprint density at radius 1 is 0.639 bits per heavy atom. The Hall–Kier alpha value is -2.67. The van der Waals surface area contributed by atoms with E-state index < -0.39 is 0 Å². The molecule has 0 aromatic heterocycles. The summed E-state index contributed by atoms with van der Waals surface area (Å²) in [6.45, 7) is 3.32. The molecular weight excluding hydrogens is 440 g/mol. The van der Waals surface area contributed by atoms with Crippen molar-refractivity contribution in [3.05, 3.63) is 54.1 Å². The van der Waals surface area contributed by atoms with E-state index in [9.17, 15) is 0 Å². The first-order chi connectivity index (χ1) is 17.7. The van der Waals surface area contributed by atoms with Gasteiger partial charge in [0.05, 0.1) is 23.0 Å². The van der Waals surface area contributed by atoms with Crippen LogP contribution in [-0.4, -0.2) is 13.6 Å². The van der Waals surface area contributed by atoms with E-state index in [2.05, 4.69) is 47.3 Å². The largest absolute Gasteiger partial charge is 0.373 e. The smallest absolute Gasteiger partial charge is 0.109 e. The van der Waals surface area contributed by atoms with Gasteiger partial charge in [0.1, 0.15) is 5.69 Å². The second kappa shape index (κ2) is 19.5. The van der Waals surface area contributed by atoms with Gasteiger partial charge in [-0.25, -0.2) is 0 Å². The lowest BCUT2D eigenvalue weighted by Gasteiger charge is -2.20. The molecule has 2 aromatic rings. The van der Waals surface area contributed by atoms with Crippen LogP contribution in [-0.2, 0) is 0 Å². The Balaban J connectivity index is 1.53. The van der Waals surface area contributed by atoms with E-state index in [0.717, 1.165) is 23.6 Å². The summed E-state index contributed by atoms with van der Waals surface area (Å²) in [4.78, 5) is 2.29. The highest BCUT2D eigenvalue weighted by Gasteiger charge is 2.06. The molecule has 36 heavy (non-hydrogen) atoms. The van der Waals surface area contributed by atoms with Crippen molar-refractivity contribution in [3.8, 4) is 6.07 Å². The van der Waals surface area contributed by atoms with Crippen molar-refractivity contribution in [1.29, 1.82) is 5.26 Å². The Kier molecular flexibility index (Phi) is 16.0. The minimum atomic E-state index is 0.632. The highest BCUT2D eigenvalue weighted by atomic mass is 15.2. The van der Waals surface area contributed by atoms with Gasteiger partial charge in [0.15, 0.2) is 0 Å². The SMILES string of the molecule is CCCCCCCCCCCCCCCCCCN(C)c1ccccc1N=Nc1ccc(C#N)cc1. The molecule has 0 spiro atoms. The molecule has 0 heterocycles. The van der Waals surface area contributed by atoms with Gasteiger partial charge < -0.3 is 4.90 Å². The second-order valence-electron chi connectivity index (χ2n) is 10.1. The zero-order valence-corrected chi connectivity index (χ0v) is 22.9. The first kappa shape index (κ1) is 29.6. The number of rotatable bonds is 20. The van der Waals surface area contributed by atoms with Gasteiger partial charge in [0.25, 0.3) is 0 Å². The van der Waals surface area contributed by atoms with Crippen LogP contribution in [0.1, 0.15) is 115 Å². The molecule has 0 bridgehead atoms. The summed E-state index contributed by atoms with van der Waals surface area (Å²) in [5.74, 6) is 0. The molecule has 0 saturated carbocycles. The Labute approximate surface area is 220 Å². The second-order valence-corrected chi connectivity index (χ2v) is 10.1. The molecule has 0 saturated heterocycles. The number of hydrogen-bond acceptors (Lipinski definition) is 4. The fourth-order valence-corrected chi connectivity index (χ4v) is 4.60. The van der Waals surface area contributed by atoms with Crippen LogP contribution in [0.4, 0.5) is 17.1 Å². The van der Waals surface area contributed by atoms with E-state index in [1.807, 2.05) is 24.3 Å². The molecule has 0 amide bonds. The average Bonchev–Trinajstić information content (AvgIpc) is 2.92. The summed E-state index contributed by atoms with van der Waals surface area (Å²) in [5.41, 5.74) is 3.37. The maximum absolute atomic E-state index is 8.93. The van der Waals surface area contributed by atoms with Gasteiger partial charge in [-0.05, 0) is 42.8 Å². The number of benzene rings is 2. The summed E-state index contributed by atoms with van der Waals surface area (Å²) in [7, 11) is 2.14. The maximum Gasteiger partial charge on any atom is 0.109 e. The molecule has 0 radical (unpaired) electrons. The summed E-state index contributed by atoms with van der Waals surface area (Å²) >= 11 is 0. The third kappa shape index (κ3) is 12.9. The van der Waals surface area contributed by atoms with Crippen LogP contribution in [0.2, 0.25) is 0 Å². The minimum absolute atomic E-state index is 0.632.